The van der Waals surface area contributed by atoms with E-state index < -0.39 is 23.5 Å². The van der Waals surface area contributed by atoms with Crippen LogP contribution in [-0.2, 0) is 4.79 Å². The number of carbonyl (C=O) groups is 1. The Morgan fingerprint density at radius 1 is 1.36 bits per heavy atom. The van der Waals surface area contributed by atoms with Crippen LogP contribution >= 0.6 is 0 Å². The molecule has 0 saturated heterocycles. The molecule has 4 heteroatoms. The topological polar surface area (TPSA) is 37.3 Å². The second-order valence-corrected chi connectivity index (χ2v) is 3.18. The lowest BCUT2D eigenvalue weighted by molar-refractivity contribution is -0.138. The van der Waals surface area contributed by atoms with Gasteiger partial charge in [-0.25, -0.2) is 8.78 Å². The minimum Gasteiger partial charge on any atom is -0.481 e. The molecule has 0 heterocycles. The molecule has 0 amide bonds. The second kappa shape index (κ2) is 3.74. The molecule has 1 atom stereocenters. The van der Waals surface area contributed by atoms with Gasteiger partial charge >= 0.3 is 5.97 Å². The molecule has 0 fully saturated rings. The monoisotopic (exact) mass is 200 g/mol. The predicted molar refractivity (Wildman–Crippen MR) is 47.1 cm³/mol. The molecule has 0 radical (unpaired) electrons. The van der Waals surface area contributed by atoms with Crippen molar-refractivity contribution < 1.29 is 18.7 Å². The maximum absolute atomic E-state index is 13.2. The fraction of sp³-hybridized carbons (Fsp3) is 0.300. The van der Waals surface area contributed by atoms with Crippen molar-refractivity contribution >= 4 is 5.97 Å². The molecule has 0 saturated carbocycles. The van der Waals surface area contributed by atoms with E-state index >= 15 is 0 Å². The smallest absolute Gasteiger partial charge is 0.310 e. The summed E-state index contributed by atoms with van der Waals surface area (Å²) in [6.45, 7) is 2.74. The number of aliphatic carboxylic acids is 1. The van der Waals surface area contributed by atoms with Gasteiger partial charge in [0, 0.05) is 5.56 Å². The molecule has 1 aromatic rings. The number of hydrogen-bond donors (Lipinski definition) is 1. The van der Waals surface area contributed by atoms with Crippen molar-refractivity contribution in [3.05, 3.63) is 34.9 Å². The Morgan fingerprint density at radius 2 is 1.93 bits per heavy atom. The first-order chi connectivity index (χ1) is 6.43. The van der Waals surface area contributed by atoms with Gasteiger partial charge in [0.1, 0.15) is 11.6 Å². The van der Waals surface area contributed by atoms with Crippen molar-refractivity contribution in [2.75, 3.05) is 0 Å². The maximum Gasteiger partial charge on any atom is 0.310 e. The molecule has 1 aromatic carbocycles. The van der Waals surface area contributed by atoms with Gasteiger partial charge in [-0.2, -0.15) is 0 Å². The normalized spacial score (nSPS) is 12.6. The van der Waals surface area contributed by atoms with Crippen molar-refractivity contribution in [2.45, 2.75) is 19.8 Å². The van der Waals surface area contributed by atoms with Gasteiger partial charge in [0.05, 0.1) is 5.92 Å². The van der Waals surface area contributed by atoms with Gasteiger partial charge in [0.15, 0.2) is 0 Å². The van der Waals surface area contributed by atoms with Crippen molar-refractivity contribution in [3.63, 3.8) is 0 Å². The summed E-state index contributed by atoms with van der Waals surface area (Å²) in [6, 6.07) is 1.94. The van der Waals surface area contributed by atoms with E-state index in [1.807, 2.05) is 0 Å². The van der Waals surface area contributed by atoms with Gasteiger partial charge in [-0.1, -0.05) is 0 Å². The standard InChI is InChI=1S/C10H10F2O2/c1-5-3-9(12)7(4-8(5)11)6(2)10(13)14/h3-4,6H,1-2H3,(H,13,14)/t6-/m1/s1. The van der Waals surface area contributed by atoms with Gasteiger partial charge in [-0.15, -0.1) is 0 Å². The largest absolute Gasteiger partial charge is 0.481 e. The average Bonchev–Trinajstić information content (AvgIpc) is 2.10. The van der Waals surface area contributed by atoms with Crippen molar-refractivity contribution in [1.82, 2.24) is 0 Å². The average molecular weight is 200 g/mol. The zero-order chi connectivity index (χ0) is 10.9. The zero-order valence-corrected chi connectivity index (χ0v) is 7.84. The van der Waals surface area contributed by atoms with E-state index in [1.165, 1.54) is 13.8 Å². The summed E-state index contributed by atoms with van der Waals surface area (Å²) >= 11 is 0. The number of aryl methyl sites for hydroxylation is 1. The maximum atomic E-state index is 13.2. The SMILES string of the molecule is Cc1cc(F)c([C@@H](C)C(=O)O)cc1F. The number of carboxylic acid groups (broad SMARTS) is 1. The van der Waals surface area contributed by atoms with E-state index in [1.54, 1.807) is 0 Å². The number of halogens is 2. The Labute approximate surface area is 80.2 Å². The summed E-state index contributed by atoms with van der Waals surface area (Å²) < 4.78 is 26.2. The van der Waals surface area contributed by atoms with Crippen LogP contribution in [0.2, 0.25) is 0 Å². The molecule has 0 aliphatic carbocycles. The molecule has 1 N–H and O–H groups in total. The van der Waals surface area contributed by atoms with E-state index in [0.717, 1.165) is 12.1 Å². The number of rotatable bonds is 2. The molecular weight excluding hydrogens is 190 g/mol. The Hall–Kier alpha value is -1.45. The fourth-order valence-electron chi connectivity index (χ4n) is 1.13. The quantitative estimate of drug-likeness (QED) is 0.796. The van der Waals surface area contributed by atoms with E-state index in [0.29, 0.717) is 0 Å². The highest BCUT2D eigenvalue weighted by molar-refractivity contribution is 5.75. The lowest BCUT2D eigenvalue weighted by Gasteiger charge is -2.09. The van der Waals surface area contributed by atoms with Gasteiger partial charge < -0.3 is 5.11 Å². The summed E-state index contributed by atoms with van der Waals surface area (Å²) in [5.74, 6) is -3.48. The molecule has 14 heavy (non-hydrogen) atoms. The summed E-state index contributed by atoms with van der Waals surface area (Å²) in [4.78, 5) is 10.6. The van der Waals surface area contributed by atoms with Gasteiger partial charge in [0.2, 0.25) is 0 Å². The first kappa shape index (κ1) is 10.6. The van der Waals surface area contributed by atoms with Crippen LogP contribution in [0.5, 0.6) is 0 Å². The zero-order valence-electron chi connectivity index (χ0n) is 7.84. The highest BCUT2D eigenvalue weighted by Gasteiger charge is 2.19. The Bertz CT molecular complexity index is 375. The molecule has 2 nitrogen and oxygen atoms in total. The highest BCUT2D eigenvalue weighted by Crippen LogP contribution is 2.22. The number of carboxylic acids is 1. The summed E-state index contributed by atoms with van der Waals surface area (Å²) in [5.41, 5.74) is 0.0458. The van der Waals surface area contributed by atoms with Gasteiger partial charge in [-0.05, 0) is 31.5 Å². The Kier molecular flexibility index (Phi) is 2.84. The van der Waals surface area contributed by atoms with Crippen molar-refractivity contribution in [1.29, 1.82) is 0 Å². The van der Waals surface area contributed by atoms with Gasteiger partial charge in [-0.3, -0.25) is 4.79 Å². The summed E-state index contributed by atoms with van der Waals surface area (Å²) in [6.07, 6.45) is 0. The molecule has 76 valence electrons. The van der Waals surface area contributed by atoms with Crippen LogP contribution in [0.25, 0.3) is 0 Å². The van der Waals surface area contributed by atoms with Crippen LogP contribution in [0, 0.1) is 18.6 Å². The molecule has 0 aliphatic heterocycles. The molecule has 0 aromatic heterocycles. The molecule has 0 unspecified atom stereocenters. The first-order valence-corrected chi connectivity index (χ1v) is 4.12. The Morgan fingerprint density at radius 3 is 2.43 bits per heavy atom. The van der Waals surface area contributed by atoms with Crippen LogP contribution in [0.15, 0.2) is 12.1 Å². The van der Waals surface area contributed by atoms with E-state index in [-0.39, 0.29) is 11.1 Å². The van der Waals surface area contributed by atoms with Crippen molar-refractivity contribution in [3.8, 4) is 0 Å². The number of hydrogen-bond acceptors (Lipinski definition) is 1. The van der Waals surface area contributed by atoms with Crippen LogP contribution < -0.4 is 0 Å². The molecular formula is C10H10F2O2. The third kappa shape index (κ3) is 1.89. The highest BCUT2D eigenvalue weighted by atomic mass is 19.1. The lowest BCUT2D eigenvalue weighted by Crippen LogP contribution is -2.10. The van der Waals surface area contributed by atoms with E-state index in [9.17, 15) is 13.6 Å². The second-order valence-electron chi connectivity index (χ2n) is 3.18. The minimum atomic E-state index is -1.17. The molecule has 0 spiro atoms. The number of benzene rings is 1. The van der Waals surface area contributed by atoms with E-state index in [2.05, 4.69) is 0 Å². The van der Waals surface area contributed by atoms with Crippen LogP contribution in [0.3, 0.4) is 0 Å². The van der Waals surface area contributed by atoms with Crippen LogP contribution in [0.1, 0.15) is 24.0 Å². The van der Waals surface area contributed by atoms with Crippen LogP contribution in [-0.4, -0.2) is 11.1 Å². The minimum absolute atomic E-state index is 0.124. The van der Waals surface area contributed by atoms with Gasteiger partial charge in [0.25, 0.3) is 0 Å². The summed E-state index contributed by atoms with van der Waals surface area (Å²) in [5, 5.41) is 8.63. The predicted octanol–water partition coefficient (Wildman–Crippen LogP) is 2.46. The summed E-state index contributed by atoms with van der Waals surface area (Å²) in [7, 11) is 0. The third-order valence-corrected chi connectivity index (χ3v) is 2.11. The van der Waals surface area contributed by atoms with Crippen LogP contribution in [0.4, 0.5) is 8.78 Å². The first-order valence-electron chi connectivity index (χ1n) is 4.12. The van der Waals surface area contributed by atoms with Crippen molar-refractivity contribution in [2.24, 2.45) is 0 Å². The lowest BCUT2D eigenvalue weighted by atomic mass is 9.99. The Balaban J connectivity index is 3.22. The molecule has 0 bridgehead atoms. The molecule has 0 aliphatic rings. The fourth-order valence-corrected chi connectivity index (χ4v) is 1.13. The van der Waals surface area contributed by atoms with E-state index in [4.69, 9.17) is 5.11 Å². The molecule has 1 rings (SSSR count). The third-order valence-electron chi connectivity index (χ3n) is 2.11.